The van der Waals surface area contributed by atoms with E-state index in [2.05, 4.69) is 20.7 Å². The zero-order chi connectivity index (χ0) is 17.8. The topological polar surface area (TPSA) is 71.8 Å². The van der Waals surface area contributed by atoms with Gasteiger partial charge >= 0.3 is 6.03 Å². The molecule has 0 bridgehead atoms. The first-order valence-electron chi connectivity index (χ1n) is 8.08. The van der Waals surface area contributed by atoms with Crippen LogP contribution in [-0.4, -0.2) is 20.8 Å². The van der Waals surface area contributed by atoms with Crippen molar-refractivity contribution in [1.29, 1.82) is 0 Å². The molecule has 0 saturated heterocycles. The Kier molecular flexibility index (Phi) is 4.79. The second-order valence-electron chi connectivity index (χ2n) is 6.02. The van der Waals surface area contributed by atoms with Crippen molar-refractivity contribution < 1.29 is 4.79 Å². The first-order valence-corrected chi connectivity index (χ1v) is 8.08. The lowest BCUT2D eigenvalue weighted by Crippen LogP contribution is -2.28. The van der Waals surface area contributed by atoms with Crippen molar-refractivity contribution in [1.82, 2.24) is 20.1 Å². The van der Waals surface area contributed by atoms with E-state index in [1.54, 1.807) is 17.1 Å². The van der Waals surface area contributed by atoms with E-state index in [1.165, 1.54) is 5.56 Å². The monoisotopic (exact) mass is 335 g/mol. The summed E-state index contributed by atoms with van der Waals surface area (Å²) in [5.74, 6) is 0. The minimum absolute atomic E-state index is 0.246. The molecule has 0 unspecified atom stereocenters. The number of hydrogen-bond donors (Lipinski definition) is 2. The molecule has 25 heavy (non-hydrogen) atoms. The number of nitrogens with one attached hydrogen (secondary N) is 2. The quantitative estimate of drug-likeness (QED) is 0.767. The Morgan fingerprint density at radius 1 is 1.20 bits per heavy atom. The molecule has 0 fully saturated rings. The lowest BCUT2D eigenvalue weighted by atomic mass is 10.1. The normalized spacial score (nSPS) is 10.5. The molecule has 0 aliphatic heterocycles. The molecule has 0 spiro atoms. The number of anilines is 1. The fourth-order valence-electron chi connectivity index (χ4n) is 2.55. The van der Waals surface area contributed by atoms with E-state index >= 15 is 0 Å². The largest absolute Gasteiger partial charge is 0.334 e. The summed E-state index contributed by atoms with van der Waals surface area (Å²) in [5, 5.41) is 9.92. The summed E-state index contributed by atoms with van der Waals surface area (Å²) in [5.41, 5.74) is 5.80. The van der Waals surface area contributed by atoms with Gasteiger partial charge in [0.1, 0.15) is 0 Å². The highest BCUT2D eigenvalue weighted by Crippen LogP contribution is 2.20. The molecule has 3 rings (SSSR count). The Labute approximate surface area is 146 Å². The lowest BCUT2D eigenvalue weighted by Gasteiger charge is -2.11. The Morgan fingerprint density at radius 2 is 2.04 bits per heavy atom. The van der Waals surface area contributed by atoms with Crippen molar-refractivity contribution in [2.24, 2.45) is 7.05 Å². The Bertz CT molecular complexity index is 900. The zero-order valence-electron chi connectivity index (χ0n) is 14.6. The van der Waals surface area contributed by atoms with E-state index in [1.807, 2.05) is 57.4 Å². The van der Waals surface area contributed by atoms with Crippen LogP contribution in [-0.2, 0) is 13.6 Å². The van der Waals surface area contributed by atoms with E-state index in [9.17, 15) is 4.79 Å². The number of amides is 2. The number of pyridine rings is 1. The number of benzene rings is 1. The van der Waals surface area contributed by atoms with Crippen LogP contribution in [0.4, 0.5) is 10.5 Å². The average Bonchev–Trinajstić information content (AvgIpc) is 3.03. The van der Waals surface area contributed by atoms with Crippen LogP contribution < -0.4 is 10.6 Å². The third-order valence-corrected chi connectivity index (χ3v) is 4.07. The minimum Gasteiger partial charge on any atom is -0.334 e. The fourth-order valence-corrected chi connectivity index (χ4v) is 2.55. The van der Waals surface area contributed by atoms with Gasteiger partial charge in [0.15, 0.2) is 0 Å². The molecule has 2 N–H and O–H groups in total. The number of urea groups is 1. The molecule has 128 valence electrons. The van der Waals surface area contributed by atoms with Crippen LogP contribution in [0.2, 0.25) is 0 Å². The van der Waals surface area contributed by atoms with Gasteiger partial charge in [0.25, 0.3) is 0 Å². The van der Waals surface area contributed by atoms with Crippen molar-refractivity contribution in [2.75, 3.05) is 5.32 Å². The van der Waals surface area contributed by atoms with Crippen LogP contribution in [0.1, 0.15) is 16.7 Å². The van der Waals surface area contributed by atoms with Crippen LogP contribution in [0, 0.1) is 13.8 Å². The van der Waals surface area contributed by atoms with Crippen molar-refractivity contribution in [3.63, 3.8) is 0 Å². The summed E-state index contributed by atoms with van der Waals surface area (Å²) in [6.07, 6.45) is 5.41. The molecule has 6 heteroatoms. The minimum atomic E-state index is -0.246. The molecule has 0 aliphatic rings. The molecule has 2 aromatic heterocycles. The summed E-state index contributed by atoms with van der Waals surface area (Å²) in [4.78, 5) is 16.6. The van der Waals surface area contributed by atoms with Gasteiger partial charge in [-0.25, -0.2) is 4.79 Å². The summed E-state index contributed by atoms with van der Waals surface area (Å²) in [6.45, 7) is 4.45. The third kappa shape index (κ3) is 4.03. The lowest BCUT2D eigenvalue weighted by molar-refractivity contribution is 0.252. The summed E-state index contributed by atoms with van der Waals surface area (Å²) < 4.78 is 1.73. The van der Waals surface area contributed by atoms with E-state index in [0.717, 1.165) is 28.1 Å². The maximum atomic E-state index is 12.2. The van der Waals surface area contributed by atoms with E-state index in [0.29, 0.717) is 6.54 Å². The Balaban J connectivity index is 1.67. The Hall–Kier alpha value is -3.15. The summed E-state index contributed by atoms with van der Waals surface area (Å²) in [7, 11) is 1.86. The van der Waals surface area contributed by atoms with Crippen LogP contribution in [0.15, 0.2) is 48.9 Å². The van der Waals surface area contributed by atoms with Crippen LogP contribution in [0.25, 0.3) is 11.3 Å². The summed E-state index contributed by atoms with van der Waals surface area (Å²) >= 11 is 0. The van der Waals surface area contributed by atoms with E-state index < -0.39 is 0 Å². The van der Waals surface area contributed by atoms with Gasteiger partial charge in [0.05, 0.1) is 11.9 Å². The van der Waals surface area contributed by atoms with Crippen LogP contribution >= 0.6 is 0 Å². The van der Waals surface area contributed by atoms with Crippen molar-refractivity contribution in [3.05, 3.63) is 65.6 Å². The average molecular weight is 335 g/mol. The number of carbonyl (C=O) groups excluding carboxylic acids is 1. The van der Waals surface area contributed by atoms with Crippen molar-refractivity contribution >= 4 is 11.7 Å². The smallest absolute Gasteiger partial charge is 0.319 e. The maximum absolute atomic E-state index is 12.2. The molecular weight excluding hydrogens is 314 g/mol. The molecule has 2 amide bonds. The van der Waals surface area contributed by atoms with Gasteiger partial charge in [-0.1, -0.05) is 12.1 Å². The van der Waals surface area contributed by atoms with Gasteiger partial charge in [-0.15, -0.1) is 0 Å². The highest BCUT2D eigenvalue weighted by atomic mass is 16.2. The highest BCUT2D eigenvalue weighted by Gasteiger charge is 2.10. The molecule has 3 aromatic rings. The number of aromatic nitrogens is 3. The van der Waals surface area contributed by atoms with Gasteiger partial charge in [-0.3, -0.25) is 9.67 Å². The fraction of sp³-hybridized carbons (Fsp3) is 0.211. The summed E-state index contributed by atoms with van der Waals surface area (Å²) in [6, 6.07) is 9.41. The molecular formula is C19H21N5O. The molecule has 0 saturated carbocycles. The number of nitrogens with zero attached hydrogens (tertiary/aromatic N) is 3. The predicted octanol–water partition coefficient (Wildman–Crippen LogP) is 3.42. The Morgan fingerprint density at radius 3 is 2.76 bits per heavy atom. The van der Waals surface area contributed by atoms with E-state index in [-0.39, 0.29) is 6.03 Å². The first-order chi connectivity index (χ1) is 12.0. The second-order valence-corrected chi connectivity index (χ2v) is 6.02. The standard InChI is InChI=1S/C19H21N5O/c1-13-6-7-17(9-14(13)2)23-19(25)21-10-15-5-4-8-20-18(15)16-11-22-24(3)12-16/h4-9,11-12H,10H2,1-3H3,(H2,21,23,25). The van der Waals surface area contributed by atoms with Crippen molar-refractivity contribution in [3.8, 4) is 11.3 Å². The molecule has 0 radical (unpaired) electrons. The van der Waals surface area contributed by atoms with Gasteiger partial charge in [0, 0.05) is 37.2 Å². The molecule has 6 nitrogen and oxygen atoms in total. The zero-order valence-corrected chi connectivity index (χ0v) is 14.6. The number of carbonyl (C=O) groups is 1. The molecule has 1 aromatic carbocycles. The molecule has 0 aliphatic carbocycles. The maximum Gasteiger partial charge on any atom is 0.319 e. The number of rotatable bonds is 4. The highest BCUT2D eigenvalue weighted by molar-refractivity contribution is 5.89. The number of aryl methyl sites for hydroxylation is 3. The molecule has 0 atom stereocenters. The third-order valence-electron chi connectivity index (χ3n) is 4.07. The van der Waals surface area contributed by atoms with Gasteiger partial charge in [-0.2, -0.15) is 5.10 Å². The number of hydrogen-bond acceptors (Lipinski definition) is 3. The van der Waals surface area contributed by atoms with Crippen molar-refractivity contribution in [2.45, 2.75) is 20.4 Å². The van der Waals surface area contributed by atoms with Gasteiger partial charge in [0.2, 0.25) is 0 Å². The second kappa shape index (κ2) is 7.17. The first kappa shape index (κ1) is 16.7. The predicted molar refractivity (Wildman–Crippen MR) is 98.2 cm³/mol. The van der Waals surface area contributed by atoms with Gasteiger partial charge < -0.3 is 10.6 Å². The molecule has 2 heterocycles. The SMILES string of the molecule is Cc1ccc(NC(=O)NCc2cccnc2-c2cnn(C)c2)cc1C. The van der Waals surface area contributed by atoms with Crippen LogP contribution in [0.5, 0.6) is 0 Å². The van der Waals surface area contributed by atoms with E-state index in [4.69, 9.17) is 0 Å². The van der Waals surface area contributed by atoms with Crippen LogP contribution in [0.3, 0.4) is 0 Å². The van der Waals surface area contributed by atoms with Gasteiger partial charge in [-0.05, 0) is 48.7 Å².